The van der Waals surface area contributed by atoms with Crippen molar-refractivity contribution in [3.8, 4) is 11.8 Å². The van der Waals surface area contributed by atoms with Crippen LogP contribution in [-0.2, 0) is 9.63 Å². The number of hydrogen-bond acceptors (Lipinski definition) is 4. The zero-order valence-electron chi connectivity index (χ0n) is 10.6. The number of para-hydroxylation sites is 1. The predicted octanol–water partition coefficient (Wildman–Crippen LogP) is 1.58. The van der Waals surface area contributed by atoms with E-state index in [1.807, 2.05) is 36.4 Å². The van der Waals surface area contributed by atoms with Gasteiger partial charge in [-0.15, -0.1) is 0 Å². The molecule has 1 amide bonds. The second kappa shape index (κ2) is 5.33. The van der Waals surface area contributed by atoms with Gasteiger partial charge in [0.2, 0.25) is 6.41 Å². The van der Waals surface area contributed by atoms with E-state index in [2.05, 4.69) is 5.10 Å². The Morgan fingerprint density at radius 3 is 2.63 bits per heavy atom. The summed E-state index contributed by atoms with van der Waals surface area (Å²) >= 11 is 0. The number of amides is 1. The van der Waals surface area contributed by atoms with E-state index < -0.39 is 0 Å². The third-order valence-corrected chi connectivity index (χ3v) is 2.65. The molecule has 1 aromatic carbocycles. The predicted molar refractivity (Wildman–Crippen MR) is 68.6 cm³/mol. The molecule has 0 N–H and O–H groups in total. The van der Waals surface area contributed by atoms with Gasteiger partial charge in [-0.05, 0) is 19.1 Å². The number of hydrogen-bond donors (Lipinski definition) is 0. The van der Waals surface area contributed by atoms with Crippen LogP contribution >= 0.6 is 0 Å². The van der Waals surface area contributed by atoms with E-state index in [9.17, 15) is 10.1 Å². The highest BCUT2D eigenvalue weighted by Gasteiger charge is 2.21. The number of carbonyl (C=O) groups excluding carboxylic acids is 1. The van der Waals surface area contributed by atoms with Crippen LogP contribution in [-0.4, -0.2) is 23.3 Å². The molecule has 2 rings (SSSR count). The fourth-order valence-corrected chi connectivity index (χ4v) is 1.78. The molecule has 2 aromatic rings. The summed E-state index contributed by atoms with van der Waals surface area (Å²) in [5.74, 6) is 0.295. The summed E-state index contributed by atoms with van der Waals surface area (Å²) in [6, 6.07) is 11.3. The Labute approximate surface area is 110 Å². The first kappa shape index (κ1) is 12.8. The summed E-state index contributed by atoms with van der Waals surface area (Å²) in [5.41, 5.74) is 1.58. The lowest BCUT2D eigenvalue weighted by Crippen LogP contribution is -2.23. The standard InChI is InChI=1S/C13H12N4O2/c1-10-12(8-14)13(16(9-18)19-2)17(15-10)11-6-4-3-5-7-11/h3-7,9H,1-2H3. The number of rotatable bonds is 4. The molecule has 0 bridgehead atoms. The molecule has 0 saturated heterocycles. The monoisotopic (exact) mass is 256 g/mol. The van der Waals surface area contributed by atoms with Crippen LogP contribution in [0.1, 0.15) is 11.3 Å². The van der Waals surface area contributed by atoms with Gasteiger partial charge in [0.15, 0.2) is 5.82 Å². The highest BCUT2D eigenvalue weighted by molar-refractivity contribution is 5.75. The maximum Gasteiger partial charge on any atom is 0.239 e. The number of aryl methyl sites for hydroxylation is 1. The number of carbonyl (C=O) groups is 1. The first-order valence-corrected chi connectivity index (χ1v) is 5.56. The number of anilines is 1. The molecule has 0 aliphatic heterocycles. The summed E-state index contributed by atoms with van der Waals surface area (Å²) in [5, 5.41) is 14.5. The molecule has 6 nitrogen and oxygen atoms in total. The number of nitrogens with zero attached hydrogens (tertiary/aromatic N) is 4. The smallest absolute Gasteiger partial charge is 0.239 e. The molecule has 0 spiro atoms. The lowest BCUT2D eigenvalue weighted by atomic mass is 10.2. The minimum Gasteiger partial charge on any atom is -0.276 e. The third-order valence-electron chi connectivity index (χ3n) is 2.65. The molecule has 0 aliphatic carbocycles. The third kappa shape index (κ3) is 2.19. The van der Waals surface area contributed by atoms with Crippen molar-refractivity contribution in [3.63, 3.8) is 0 Å². The summed E-state index contributed by atoms with van der Waals surface area (Å²) in [6.45, 7) is 1.71. The van der Waals surface area contributed by atoms with Gasteiger partial charge in [-0.1, -0.05) is 18.2 Å². The first-order chi connectivity index (χ1) is 9.22. The number of hydroxylamine groups is 1. The van der Waals surface area contributed by atoms with Crippen LogP contribution in [0.4, 0.5) is 5.82 Å². The van der Waals surface area contributed by atoms with Gasteiger partial charge in [0.1, 0.15) is 11.6 Å². The minimum atomic E-state index is 0.295. The van der Waals surface area contributed by atoms with Gasteiger partial charge >= 0.3 is 0 Å². The van der Waals surface area contributed by atoms with Crippen LogP contribution < -0.4 is 5.06 Å². The number of aromatic nitrogens is 2. The highest BCUT2D eigenvalue weighted by atomic mass is 16.7. The maximum atomic E-state index is 11.0. The van der Waals surface area contributed by atoms with Gasteiger partial charge in [0.25, 0.3) is 0 Å². The maximum absolute atomic E-state index is 11.0. The molecular formula is C13H12N4O2. The number of benzene rings is 1. The molecule has 0 unspecified atom stereocenters. The van der Waals surface area contributed by atoms with E-state index in [0.717, 1.165) is 10.8 Å². The molecule has 0 saturated carbocycles. The first-order valence-electron chi connectivity index (χ1n) is 5.56. The van der Waals surface area contributed by atoms with E-state index in [4.69, 9.17) is 4.84 Å². The van der Waals surface area contributed by atoms with Crippen molar-refractivity contribution in [3.05, 3.63) is 41.6 Å². The Balaban J connectivity index is 2.69. The molecule has 0 atom stereocenters. The fraction of sp³-hybridized carbons (Fsp3) is 0.154. The topological polar surface area (TPSA) is 71.2 Å². The van der Waals surface area contributed by atoms with Crippen LogP contribution in [0.5, 0.6) is 0 Å². The van der Waals surface area contributed by atoms with Crippen molar-refractivity contribution in [1.82, 2.24) is 9.78 Å². The van der Waals surface area contributed by atoms with E-state index in [0.29, 0.717) is 23.5 Å². The lowest BCUT2D eigenvalue weighted by molar-refractivity contribution is -0.113. The Bertz CT molecular complexity index is 628. The van der Waals surface area contributed by atoms with Crippen LogP contribution in [0, 0.1) is 18.3 Å². The average Bonchev–Trinajstić information content (AvgIpc) is 2.78. The second-order valence-corrected chi connectivity index (χ2v) is 3.76. The SMILES string of the molecule is CON(C=O)c1c(C#N)c(C)nn1-c1ccccc1. The van der Waals surface area contributed by atoms with Crippen LogP contribution in [0.3, 0.4) is 0 Å². The summed E-state index contributed by atoms with van der Waals surface area (Å²) < 4.78 is 1.51. The van der Waals surface area contributed by atoms with Gasteiger partial charge < -0.3 is 0 Å². The Kier molecular flexibility index (Phi) is 3.59. The normalized spacial score (nSPS) is 9.95. The average molecular weight is 256 g/mol. The van der Waals surface area contributed by atoms with E-state index in [-0.39, 0.29) is 0 Å². The Morgan fingerprint density at radius 2 is 2.11 bits per heavy atom. The largest absolute Gasteiger partial charge is 0.276 e. The van der Waals surface area contributed by atoms with Crippen LogP contribution in [0.25, 0.3) is 5.69 Å². The molecular weight excluding hydrogens is 244 g/mol. The van der Waals surface area contributed by atoms with Crippen molar-refractivity contribution < 1.29 is 9.63 Å². The van der Waals surface area contributed by atoms with E-state index in [1.165, 1.54) is 11.8 Å². The minimum absolute atomic E-state index is 0.295. The molecule has 0 radical (unpaired) electrons. The van der Waals surface area contributed by atoms with Crippen molar-refractivity contribution >= 4 is 12.2 Å². The zero-order valence-corrected chi connectivity index (χ0v) is 10.6. The zero-order chi connectivity index (χ0) is 13.8. The Morgan fingerprint density at radius 1 is 1.42 bits per heavy atom. The van der Waals surface area contributed by atoms with Gasteiger partial charge in [0, 0.05) is 0 Å². The van der Waals surface area contributed by atoms with Gasteiger partial charge in [0.05, 0.1) is 18.5 Å². The molecule has 0 fully saturated rings. The van der Waals surface area contributed by atoms with Crippen molar-refractivity contribution in [2.45, 2.75) is 6.92 Å². The van der Waals surface area contributed by atoms with E-state index >= 15 is 0 Å². The number of nitriles is 1. The molecule has 1 aromatic heterocycles. The summed E-state index contributed by atoms with van der Waals surface area (Å²) in [6.07, 6.45) is 0.497. The lowest BCUT2D eigenvalue weighted by Gasteiger charge is -2.15. The van der Waals surface area contributed by atoms with Gasteiger partial charge in [-0.25, -0.2) is 4.68 Å². The summed E-state index contributed by atoms with van der Waals surface area (Å²) in [7, 11) is 1.35. The van der Waals surface area contributed by atoms with Crippen molar-refractivity contribution in [1.29, 1.82) is 5.26 Å². The molecule has 0 aliphatic rings. The van der Waals surface area contributed by atoms with Crippen LogP contribution in [0.2, 0.25) is 0 Å². The van der Waals surface area contributed by atoms with Crippen molar-refractivity contribution in [2.24, 2.45) is 0 Å². The summed E-state index contributed by atoms with van der Waals surface area (Å²) in [4.78, 5) is 16.0. The van der Waals surface area contributed by atoms with Crippen LogP contribution in [0.15, 0.2) is 30.3 Å². The molecule has 96 valence electrons. The van der Waals surface area contributed by atoms with Crippen molar-refractivity contribution in [2.75, 3.05) is 12.2 Å². The highest BCUT2D eigenvalue weighted by Crippen LogP contribution is 2.25. The fourth-order valence-electron chi connectivity index (χ4n) is 1.78. The quantitative estimate of drug-likeness (QED) is 0.615. The Hall–Kier alpha value is -2.65. The second-order valence-electron chi connectivity index (χ2n) is 3.76. The molecule has 6 heteroatoms. The molecule has 1 heterocycles. The molecule has 19 heavy (non-hydrogen) atoms. The van der Waals surface area contributed by atoms with E-state index in [1.54, 1.807) is 6.92 Å². The van der Waals surface area contributed by atoms with Gasteiger partial charge in [-0.3, -0.25) is 9.63 Å². The van der Waals surface area contributed by atoms with Gasteiger partial charge in [-0.2, -0.15) is 15.4 Å².